The van der Waals surface area contributed by atoms with E-state index in [4.69, 9.17) is 0 Å². The number of halogens is 1. The van der Waals surface area contributed by atoms with Crippen LogP contribution in [0.1, 0.15) is 72.6 Å². The summed E-state index contributed by atoms with van der Waals surface area (Å²) in [4.78, 5) is 0. The molecule has 25 heavy (non-hydrogen) atoms. The molecular formula is C22H35BrO2. The Kier molecular flexibility index (Phi) is 4.30. The Morgan fingerprint density at radius 1 is 1.20 bits per heavy atom. The minimum Gasteiger partial charge on any atom is -0.390 e. The highest BCUT2D eigenvalue weighted by molar-refractivity contribution is 9.10. The van der Waals surface area contributed by atoms with Crippen LogP contribution in [0.15, 0.2) is 11.6 Å². The quantitative estimate of drug-likeness (QED) is 0.467. The summed E-state index contributed by atoms with van der Waals surface area (Å²) in [5, 5.41) is 22.3. The fourth-order valence-corrected chi connectivity index (χ4v) is 9.22. The van der Waals surface area contributed by atoms with Crippen LogP contribution in [-0.2, 0) is 0 Å². The molecule has 4 aliphatic rings. The molecule has 4 aliphatic carbocycles. The van der Waals surface area contributed by atoms with Gasteiger partial charge in [-0.1, -0.05) is 56.1 Å². The van der Waals surface area contributed by atoms with E-state index >= 15 is 0 Å². The molecule has 3 heteroatoms. The van der Waals surface area contributed by atoms with Gasteiger partial charge >= 0.3 is 0 Å². The van der Waals surface area contributed by atoms with Crippen molar-refractivity contribution in [1.82, 2.24) is 0 Å². The molecule has 0 spiro atoms. The summed E-state index contributed by atoms with van der Waals surface area (Å²) in [6, 6.07) is 0. The SMILES string of the molecule is CC[C@H]1[C@@H](C)C[C@H]2[C@@H]3[C@@H](O)[C@@H](O)C4=CCCC[C@]4(C)[C@@]3(Br)CC[C@@]21C. The van der Waals surface area contributed by atoms with E-state index in [-0.39, 0.29) is 15.7 Å². The Hall–Kier alpha value is 0.140. The molecule has 0 aromatic carbocycles. The Bertz CT molecular complexity index is 589. The van der Waals surface area contributed by atoms with E-state index in [1.54, 1.807) is 0 Å². The molecule has 0 bridgehead atoms. The van der Waals surface area contributed by atoms with Crippen molar-refractivity contribution in [3.05, 3.63) is 11.6 Å². The normalized spacial score (nSPS) is 58.1. The lowest BCUT2D eigenvalue weighted by Gasteiger charge is -2.65. The maximum atomic E-state index is 11.3. The van der Waals surface area contributed by atoms with E-state index in [0.29, 0.717) is 11.3 Å². The van der Waals surface area contributed by atoms with Crippen molar-refractivity contribution in [2.75, 3.05) is 0 Å². The predicted molar refractivity (Wildman–Crippen MR) is 106 cm³/mol. The molecule has 0 heterocycles. The summed E-state index contributed by atoms with van der Waals surface area (Å²) in [7, 11) is 0. The van der Waals surface area contributed by atoms with Gasteiger partial charge in [0, 0.05) is 15.7 Å². The Labute approximate surface area is 161 Å². The first kappa shape index (κ1) is 18.5. The van der Waals surface area contributed by atoms with Crippen molar-refractivity contribution in [3.8, 4) is 0 Å². The molecule has 142 valence electrons. The number of hydrogen-bond donors (Lipinski definition) is 2. The van der Waals surface area contributed by atoms with Crippen molar-refractivity contribution in [2.45, 2.75) is 89.2 Å². The molecule has 2 nitrogen and oxygen atoms in total. The Morgan fingerprint density at radius 2 is 1.92 bits per heavy atom. The van der Waals surface area contributed by atoms with Crippen LogP contribution < -0.4 is 0 Å². The van der Waals surface area contributed by atoms with E-state index in [1.165, 1.54) is 25.7 Å². The van der Waals surface area contributed by atoms with Crippen molar-refractivity contribution < 1.29 is 10.2 Å². The van der Waals surface area contributed by atoms with Gasteiger partial charge in [0.25, 0.3) is 0 Å². The van der Waals surface area contributed by atoms with Crippen molar-refractivity contribution >= 4 is 15.9 Å². The molecule has 0 saturated heterocycles. The minimum atomic E-state index is -0.681. The van der Waals surface area contributed by atoms with Gasteiger partial charge in [-0.15, -0.1) is 0 Å². The van der Waals surface area contributed by atoms with Crippen LogP contribution >= 0.6 is 15.9 Å². The van der Waals surface area contributed by atoms with Gasteiger partial charge in [-0.05, 0) is 67.3 Å². The van der Waals surface area contributed by atoms with E-state index in [0.717, 1.165) is 36.7 Å². The zero-order valence-corrected chi connectivity index (χ0v) is 17.8. The van der Waals surface area contributed by atoms with Crippen LogP contribution in [0.4, 0.5) is 0 Å². The molecule has 3 saturated carbocycles. The van der Waals surface area contributed by atoms with Crippen molar-refractivity contribution in [2.24, 2.45) is 34.5 Å². The summed E-state index contributed by atoms with van der Waals surface area (Å²) >= 11 is 4.25. The predicted octanol–water partition coefficient (Wildman–Crippen LogP) is 5.07. The highest BCUT2D eigenvalue weighted by Gasteiger charge is 2.69. The minimum absolute atomic E-state index is 0.0244. The number of fused-ring (bicyclic) bond motifs is 5. The van der Waals surface area contributed by atoms with Gasteiger partial charge in [0.05, 0.1) is 6.10 Å². The van der Waals surface area contributed by atoms with Gasteiger partial charge in [0.1, 0.15) is 6.10 Å². The monoisotopic (exact) mass is 410 g/mol. The smallest absolute Gasteiger partial charge is 0.102 e. The first-order chi connectivity index (χ1) is 11.7. The highest BCUT2D eigenvalue weighted by Crippen LogP contribution is 2.72. The third kappa shape index (κ3) is 2.15. The number of alkyl halides is 1. The zero-order valence-electron chi connectivity index (χ0n) is 16.3. The Balaban J connectivity index is 1.82. The lowest BCUT2D eigenvalue weighted by Crippen LogP contribution is -2.67. The van der Waals surface area contributed by atoms with Crippen LogP contribution in [-0.4, -0.2) is 26.7 Å². The lowest BCUT2D eigenvalue weighted by molar-refractivity contribution is -0.130. The van der Waals surface area contributed by atoms with Gasteiger partial charge in [0.15, 0.2) is 0 Å². The van der Waals surface area contributed by atoms with Crippen LogP contribution in [0, 0.1) is 34.5 Å². The first-order valence-corrected chi connectivity index (χ1v) is 11.3. The molecule has 9 atom stereocenters. The van der Waals surface area contributed by atoms with Gasteiger partial charge in [-0.25, -0.2) is 0 Å². The molecule has 4 rings (SSSR count). The standard InChI is InChI=1S/C22H35BrO2/c1-5-14-13(2)12-16-17-19(25)18(24)15-8-6-7-9-21(15,4)22(17,23)11-10-20(14,16)3/h8,13-14,16-19,24-25H,5-7,9-12H2,1-4H3/t13-,14-,16-,17+,18-,19+,20+,21-,22+/m0/s1. The third-order valence-corrected chi connectivity index (χ3v) is 11.0. The van der Waals surface area contributed by atoms with Crippen LogP contribution in [0.2, 0.25) is 0 Å². The van der Waals surface area contributed by atoms with Crippen LogP contribution in [0.3, 0.4) is 0 Å². The lowest BCUT2D eigenvalue weighted by atomic mass is 9.45. The van der Waals surface area contributed by atoms with Crippen molar-refractivity contribution in [3.63, 3.8) is 0 Å². The summed E-state index contributed by atoms with van der Waals surface area (Å²) in [6.07, 6.45) is 9.07. The fourth-order valence-electron chi connectivity index (χ4n) is 8.00. The van der Waals surface area contributed by atoms with Gasteiger partial charge in [-0.2, -0.15) is 0 Å². The molecule has 3 fully saturated rings. The summed E-state index contributed by atoms with van der Waals surface area (Å²) < 4.78 is -0.0720. The molecule has 0 amide bonds. The number of hydrogen-bond acceptors (Lipinski definition) is 2. The maximum Gasteiger partial charge on any atom is 0.102 e. The van der Waals surface area contributed by atoms with E-state index in [1.807, 2.05) is 0 Å². The number of allylic oxidation sites excluding steroid dienone is 1. The number of aliphatic hydroxyl groups is 2. The molecule has 0 unspecified atom stereocenters. The zero-order chi connectivity index (χ0) is 18.2. The molecule has 0 aliphatic heterocycles. The molecular weight excluding hydrogens is 376 g/mol. The fraction of sp³-hybridized carbons (Fsp3) is 0.909. The van der Waals surface area contributed by atoms with Crippen LogP contribution in [0.5, 0.6) is 0 Å². The van der Waals surface area contributed by atoms with E-state index in [9.17, 15) is 10.2 Å². The average Bonchev–Trinajstić information content (AvgIpc) is 2.83. The highest BCUT2D eigenvalue weighted by atomic mass is 79.9. The largest absolute Gasteiger partial charge is 0.390 e. The first-order valence-electron chi connectivity index (χ1n) is 10.5. The number of aliphatic hydroxyl groups excluding tert-OH is 2. The summed E-state index contributed by atoms with van der Waals surface area (Å²) in [5.74, 6) is 2.12. The summed E-state index contributed by atoms with van der Waals surface area (Å²) in [5.41, 5.74) is 1.40. The summed E-state index contributed by atoms with van der Waals surface area (Å²) in [6.45, 7) is 9.58. The Morgan fingerprint density at radius 3 is 2.60 bits per heavy atom. The molecule has 0 radical (unpaired) electrons. The third-order valence-electron chi connectivity index (χ3n) is 9.25. The molecule has 2 N–H and O–H groups in total. The average molecular weight is 411 g/mol. The topological polar surface area (TPSA) is 40.5 Å². The van der Waals surface area contributed by atoms with Gasteiger partial charge < -0.3 is 10.2 Å². The van der Waals surface area contributed by atoms with Gasteiger partial charge in [0.2, 0.25) is 0 Å². The molecule has 0 aromatic heterocycles. The second-order valence-corrected chi connectivity index (χ2v) is 11.5. The number of rotatable bonds is 1. The molecule has 0 aromatic rings. The van der Waals surface area contributed by atoms with Crippen LogP contribution in [0.25, 0.3) is 0 Å². The van der Waals surface area contributed by atoms with Crippen molar-refractivity contribution in [1.29, 1.82) is 0 Å². The van der Waals surface area contributed by atoms with Gasteiger partial charge in [-0.3, -0.25) is 0 Å². The maximum absolute atomic E-state index is 11.3. The van der Waals surface area contributed by atoms with E-state index in [2.05, 4.69) is 49.7 Å². The second-order valence-electron chi connectivity index (χ2n) is 10.0. The van der Waals surface area contributed by atoms with E-state index < -0.39 is 12.2 Å². The second kappa shape index (κ2) is 5.82.